The molecule has 0 bridgehead atoms. The van der Waals surface area contributed by atoms with Gasteiger partial charge in [-0.05, 0) is 37.5 Å². The average molecular weight is 397 g/mol. The maximum Gasteiger partial charge on any atom is 0.239 e. The number of amides is 1. The molecule has 3 rings (SSSR count). The number of carbonyl (C=O) groups excluding carboxylic acids is 1. The van der Waals surface area contributed by atoms with Crippen LogP contribution in [0.25, 0.3) is 0 Å². The van der Waals surface area contributed by atoms with Gasteiger partial charge in [-0.2, -0.15) is 0 Å². The molecular weight excluding hydrogens is 372 g/mol. The molecule has 0 unspecified atom stereocenters. The number of nitrogens with one attached hydrogen (secondary N) is 2. The van der Waals surface area contributed by atoms with Gasteiger partial charge < -0.3 is 20.1 Å². The first-order valence-corrected chi connectivity index (χ1v) is 9.37. The van der Waals surface area contributed by atoms with Crippen molar-refractivity contribution in [2.75, 3.05) is 32.9 Å². The molecule has 24 heavy (non-hydrogen) atoms. The Morgan fingerprint density at radius 2 is 2.00 bits per heavy atom. The molecule has 1 aromatic rings. The molecule has 1 aromatic carbocycles. The number of hydrogen-bond acceptors (Lipinski definition) is 4. The number of halogens is 1. The lowest BCUT2D eigenvalue weighted by Crippen LogP contribution is -2.57. The lowest BCUT2D eigenvalue weighted by Gasteiger charge is -2.39. The minimum absolute atomic E-state index is 0.0187. The Hall–Kier alpha value is -0.950. The predicted octanol–water partition coefficient (Wildman–Crippen LogP) is 1.99. The predicted molar refractivity (Wildman–Crippen MR) is 96.1 cm³/mol. The molecule has 2 saturated heterocycles. The molecule has 2 heterocycles. The number of morpholine rings is 1. The molecule has 5 nitrogen and oxygen atoms in total. The topological polar surface area (TPSA) is 59.6 Å². The summed E-state index contributed by atoms with van der Waals surface area (Å²) in [5.41, 5.74) is 1.20. The lowest BCUT2D eigenvalue weighted by molar-refractivity contribution is -0.129. The molecule has 2 aliphatic rings. The maximum absolute atomic E-state index is 12.6. The van der Waals surface area contributed by atoms with Gasteiger partial charge in [0.2, 0.25) is 5.91 Å². The van der Waals surface area contributed by atoms with Gasteiger partial charge >= 0.3 is 0 Å². The van der Waals surface area contributed by atoms with Crippen LogP contribution < -0.4 is 10.6 Å². The second kappa shape index (κ2) is 7.95. The second-order valence-corrected chi connectivity index (χ2v) is 7.54. The fourth-order valence-electron chi connectivity index (χ4n) is 3.53. The van der Waals surface area contributed by atoms with E-state index in [9.17, 15) is 4.79 Å². The van der Waals surface area contributed by atoms with E-state index >= 15 is 0 Å². The van der Waals surface area contributed by atoms with Crippen LogP contribution in [0, 0.1) is 0 Å². The van der Waals surface area contributed by atoms with Crippen molar-refractivity contribution in [3.8, 4) is 0 Å². The Morgan fingerprint density at radius 1 is 1.29 bits per heavy atom. The molecule has 0 radical (unpaired) electrons. The third-order valence-corrected chi connectivity index (χ3v) is 5.64. The van der Waals surface area contributed by atoms with Gasteiger partial charge in [0.25, 0.3) is 0 Å². The lowest BCUT2D eigenvalue weighted by atomic mass is 9.74. The van der Waals surface area contributed by atoms with Crippen molar-refractivity contribution < 1.29 is 14.3 Å². The molecule has 0 spiro atoms. The number of carbonyl (C=O) groups is 1. The van der Waals surface area contributed by atoms with Crippen LogP contribution in [0.3, 0.4) is 0 Å². The summed E-state index contributed by atoms with van der Waals surface area (Å²) in [6, 6.07) is 8.14. The zero-order valence-electron chi connectivity index (χ0n) is 14.0. The van der Waals surface area contributed by atoms with Crippen molar-refractivity contribution in [2.45, 2.75) is 37.3 Å². The highest BCUT2D eigenvalue weighted by Crippen LogP contribution is 2.35. The van der Waals surface area contributed by atoms with E-state index in [2.05, 4.69) is 50.8 Å². The fraction of sp³-hybridized carbons (Fsp3) is 0.611. The summed E-state index contributed by atoms with van der Waals surface area (Å²) in [6.07, 6.45) is 1.73. The van der Waals surface area contributed by atoms with E-state index in [-0.39, 0.29) is 23.5 Å². The monoisotopic (exact) mass is 396 g/mol. The van der Waals surface area contributed by atoms with Crippen molar-refractivity contribution in [2.24, 2.45) is 0 Å². The zero-order chi connectivity index (χ0) is 17.0. The number of benzene rings is 1. The Bertz CT molecular complexity index is 558. The third kappa shape index (κ3) is 3.99. The quantitative estimate of drug-likeness (QED) is 0.816. The molecule has 2 atom stereocenters. The maximum atomic E-state index is 12.6. The standard InChI is InChI=1S/C18H25BrN2O3/c1-13-16(20-8-11-24-13)17(22)21-12-18(6-9-23-10-7-18)14-2-4-15(19)5-3-14/h2-5,13,16,20H,6-12H2,1H3,(H,21,22)/t13-,16+/m1/s1. The number of rotatable bonds is 4. The first kappa shape index (κ1) is 17.9. The normalized spacial score (nSPS) is 26.8. The van der Waals surface area contributed by atoms with Crippen LogP contribution in [-0.2, 0) is 19.7 Å². The van der Waals surface area contributed by atoms with E-state index in [1.807, 2.05) is 6.92 Å². The van der Waals surface area contributed by atoms with Gasteiger partial charge in [-0.15, -0.1) is 0 Å². The van der Waals surface area contributed by atoms with E-state index in [1.54, 1.807) is 0 Å². The summed E-state index contributed by atoms with van der Waals surface area (Å²) < 4.78 is 12.2. The van der Waals surface area contributed by atoms with Gasteiger partial charge in [0, 0.05) is 36.2 Å². The summed E-state index contributed by atoms with van der Waals surface area (Å²) >= 11 is 3.49. The molecule has 132 valence electrons. The highest BCUT2D eigenvalue weighted by molar-refractivity contribution is 9.10. The molecule has 2 N–H and O–H groups in total. The van der Waals surface area contributed by atoms with E-state index < -0.39 is 0 Å². The molecule has 6 heteroatoms. The first-order chi connectivity index (χ1) is 11.6. The number of ether oxygens (including phenoxy) is 2. The van der Waals surface area contributed by atoms with Crippen LogP contribution in [0.5, 0.6) is 0 Å². The Balaban J connectivity index is 1.70. The van der Waals surface area contributed by atoms with Crippen molar-refractivity contribution >= 4 is 21.8 Å². The van der Waals surface area contributed by atoms with Crippen LogP contribution in [-0.4, -0.2) is 51.0 Å². The van der Waals surface area contributed by atoms with Crippen LogP contribution >= 0.6 is 15.9 Å². The van der Waals surface area contributed by atoms with E-state index in [1.165, 1.54) is 5.56 Å². The summed E-state index contributed by atoms with van der Waals surface area (Å²) in [6.45, 7) is 5.40. The summed E-state index contributed by atoms with van der Waals surface area (Å²) in [4.78, 5) is 12.6. The van der Waals surface area contributed by atoms with Crippen LogP contribution in [0.15, 0.2) is 28.7 Å². The highest BCUT2D eigenvalue weighted by atomic mass is 79.9. The average Bonchev–Trinajstić information content (AvgIpc) is 2.61. The SMILES string of the molecule is C[C@H]1OCCN[C@@H]1C(=O)NCC1(c2ccc(Br)cc2)CCOCC1. The molecule has 0 saturated carbocycles. The zero-order valence-corrected chi connectivity index (χ0v) is 15.6. The third-order valence-electron chi connectivity index (χ3n) is 5.11. The van der Waals surface area contributed by atoms with Crippen LogP contribution in [0.1, 0.15) is 25.3 Å². The molecule has 0 aliphatic carbocycles. The minimum Gasteiger partial charge on any atom is -0.381 e. The fourth-order valence-corrected chi connectivity index (χ4v) is 3.79. The minimum atomic E-state index is -0.277. The molecule has 2 aliphatic heterocycles. The van der Waals surface area contributed by atoms with E-state index in [0.29, 0.717) is 19.7 Å². The van der Waals surface area contributed by atoms with Crippen molar-refractivity contribution in [3.05, 3.63) is 34.3 Å². The Kier molecular flexibility index (Phi) is 5.92. The van der Waals surface area contributed by atoms with Crippen LogP contribution in [0.2, 0.25) is 0 Å². The molecule has 2 fully saturated rings. The van der Waals surface area contributed by atoms with Crippen molar-refractivity contribution in [1.29, 1.82) is 0 Å². The van der Waals surface area contributed by atoms with Crippen molar-refractivity contribution in [1.82, 2.24) is 10.6 Å². The molecule has 1 amide bonds. The van der Waals surface area contributed by atoms with Gasteiger partial charge in [-0.1, -0.05) is 28.1 Å². The largest absolute Gasteiger partial charge is 0.381 e. The second-order valence-electron chi connectivity index (χ2n) is 6.63. The van der Waals surface area contributed by atoms with Gasteiger partial charge in [-0.3, -0.25) is 4.79 Å². The van der Waals surface area contributed by atoms with Gasteiger partial charge in [0.15, 0.2) is 0 Å². The van der Waals surface area contributed by atoms with E-state index in [4.69, 9.17) is 9.47 Å². The summed E-state index contributed by atoms with van der Waals surface area (Å²) in [5.74, 6) is 0.0187. The Labute approximate surface area is 151 Å². The highest BCUT2D eigenvalue weighted by Gasteiger charge is 2.36. The van der Waals surface area contributed by atoms with Gasteiger partial charge in [0.1, 0.15) is 6.04 Å². The summed E-state index contributed by atoms with van der Waals surface area (Å²) in [7, 11) is 0. The van der Waals surface area contributed by atoms with E-state index in [0.717, 1.165) is 30.5 Å². The van der Waals surface area contributed by atoms with Crippen molar-refractivity contribution in [3.63, 3.8) is 0 Å². The smallest absolute Gasteiger partial charge is 0.239 e. The molecule has 0 aromatic heterocycles. The van der Waals surface area contributed by atoms with Crippen LogP contribution in [0.4, 0.5) is 0 Å². The summed E-state index contributed by atoms with van der Waals surface area (Å²) in [5, 5.41) is 6.41. The first-order valence-electron chi connectivity index (χ1n) is 8.57. The molecular formula is C18H25BrN2O3. The Morgan fingerprint density at radius 3 is 2.67 bits per heavy atom. The van der Waals surface area contributed by atoms with Gasteiger partial charge in [0.05, 0.1) is 12.7 Å². The van der Waals surface area contributed by atoms with Gasteiger partial charge in [-0.25, -0.2) is 0 Å². The number of hydrogen-bond donors (Lipinski definition) is 2.